The van der Waals surface area contributed by atoms with Gasteiger partial charge in [-0.1, -0.05) is 6.07 Å². The van der Waals surface area contributed by atoms with Crippen molar-refractivity contribution in [1.82, 2.24) is 39.2 Å². The van der Waals surface area contributed by atoms with Crippen LogP contribution in [0.4, 0.5) is 0 Å². The van der Waals surface area contributed by atoms with E-state index in [9.17, 15) is 4.79 Å². The number of nitrogens with zero attached hydrogens (tertiary/aromatic N) is 7. The monoisotopic (exact) mass is 402 g/mol. The van der Waals surface area contributed by atoms with Gasteiger partial charge in [-0.25, -0.2) is 19.2 Å². The number of H-pyrrole nitrogens is 1. The maximum absolute atomic E-state index is 13.6. The van der Waals surface area contributed by atoms with Gasteiger partial charge in [-0.2, -0.15) is 10.2 Å². The molecule has 1 N–H and O–H groups in total. The zero-order chi connectivity index (χ0) is 20.4. The molecular weight excluding hydrogens is 380 g/mol. The van der Waals surface area contributed by atoms with Crippen LogP contribution in [0.5, 0.6) is 0 Å². The number of amides is 1. The van der Waals surface area contributed by atoms with Gasteiger partial charge >= 0.3 is 0 Å². The molecule has 0 unspecified atom stereocenters. The van der Waals surface area contributed by atoms with Crippen molar-refractivity contribution >= 4 is 11.4 Å². The largest absolute Gasteiger partial charge is 0.348 e. The predicted octanol–water partition coefficient (Wildman–Crippen LogP) is 2.16. The molecule has 4 aromatic heterocycles. The molecule has 30 heavy (non-hydrogen) atoms. The van der Waals surface area contributed by atoms with E-state index in [1.54, 1.807) is 18.1 Å². The number of aryl methyl sites for hydroxylation is 2. The number of nitrogens with one attached hydrogen (secondary N) is 1. The van der Waals surface area contributed by atoms with E-state index >= 15 is 0 Å². The van der Waals surface area contributed by atoms with E-state index < -0.39 is 0 Å². The third kappa shape index (κ3) is 2.58. The summed E-state index contributed by atoms with van der Waals surface area (Å²) in [6.45, 7) is 2.63. The van der Waals surface area contributed by atoms with Gasteiger partial charge in [0, 0.05) is 37.8 Å². The van der Waals surface area contributed by atoms with Gasteiger partial charge in [-0.3, -0.25) is 4.79 Å². The van der Waals surface area contributed by atoms with Gasteiger partial charge in [0.05, 0.1) is 23.2 Å². The molecule has 1 saturated carbocycles. The molecule has 5 heterocycles. The maximum atomic E-state index is 13.6. The molecule has 4 aromatic rings. The fraction of sp³-hybridized carbons (Fsp3) is 0.381. The summed E-state index contributed by atoms with van der Waals surface area (Å²) in [5, 5.41) is 9.28. The number of rotatable bonds is 3. The van der Waals surface area contributed by atoms with Crippen LogP contribution < -0.4 is 0 Å². The highest BCUT2D eigenvalue weighted by molar-refractivity contribution is 5.91. The smallest absolute Gasteiger partial charge is 0.292 e. The second-order valence-corrected chi connectivity index (χ2v) is 8.20. The Morgan fingerprint density at radius 1 is 1.27 bits per heavy atom. The molecule has 1 amide bonds. The van der Waals surface area contributed by atoms with Crippen molar-refractivity contribution in [3.05, 3.63) is 65.0 Å². The Labute approximate surface area is 172 Å². The molecule has 0 spiro atoms. The van der Waals surface area contributed by atoms with Crippen molar-refractivity contribution in [2.45, 2.75) is 38.1 Å². The van der Waals surface area contributed by atoms with E-state index in [1.165, 1.54) is 0 Å². The lowest BCUT2D eigenvalue weighted by Crippen LogP contribution is -2.42. The minimum absolute atomic E-state index is 0.135. The zero-order valence-corrected chi connectivity index (χ0v) is 16.9. The van der Waals surface area contributed by atoms with Crippen LogP contribution in [0.2, 0.25) is 0 Å². The number of aromatic amines is 1. The summed E-state index contributed by atoms with van der Waals surface area (Å²) in [7, 11) is 1.79. The molecule has 1 aliphatic heterocycles. The second-order valence-electron chi connectivity index (χ2n) is 8.20. The maximum Gasteiger partial charge on any atom is 0.292 e. The lowest BCUT2D eigenvalue weighted by atomic mass is 9.99. The molecule has 1 atom stereocenters. The zero-order valence-electron chi connectivity index (χ0n) is 16.9. The minimum Gasteiger partial charge on any atom is -0.348 e. The summed E-state index contributed by atoms with van der Waals surface area (Å²) >= 11 is 0. The summed E-state index contributed by atoms with van der Waals surface area (Å²) in [6.07, 6.45) is 6.54. The van der Waals surface area contributed by atoms with E-state index in [4.69, 9.17) is 5.10 Å². The lowest BCUT2D eigenvalue weighted by Gasteiger charge is -2.33. The first-order chi connectivity index (χ1) is 14.6. The number of carbonyl (C=O) groups is 1. The summed E-state index contributed by atoms with van der Waals surface area (Å²) in [5.74, 6) is 1.41. The topological polar surface area (TPSA) is 97.0 Å². The Bertz CT molecular complexity index is 1280. The Morgan fingerprint density at radius 2 is 2.13 bits per heavy atom. The Kier molecular flexibility index (Phi) is 3.62. The first kappa shape index (κ1) is 17.4. The highest BCUT2D eigenvalue weighted by Gasteiger charge is 2.38. The van der Waals surface area contributed by atoms with Crippen molar-refractivity contribution in [2.75, 3.05) is 6.54 Å². The molecule has 0 bridgehead atoms. The van der Waals surface area contributed by atoms with E-state index in [0.717, 1.165) is 53.2 Å². The first-order valence-electron chi connectivity index (χ1n) is 10.3. The fourth-order valence-corrected chi connectivity index (χ4v) is 4.34. The molecule has 1 fully saturated rings. The van der Waals surface area contributed by atoms with Crippen molar-refractivity contribution < 1.29 is 4.79 Å². The van der Waals surface area contributed by atoms with Gasteiger partial charge in [0.15, 0.2) is 5.82 Å². The predicted molar refractivity (Wildman–Crippen MR) is 108 cm³/mol. The lowest BCUT2D eigenvalue weighted by molar-refractivity contribution is 0.0669. The normalized spacial score (nSPS) is 18.7. The summed E-state index contributed by atoms with van der Waals surface area (Å²) in [5.41, 5.74) is 4.86. The third-order valence-corrected chi connectivity index (χ3v) is 6.11. The van der Waals surface area contributed by atoms with E-state index in [1.807, 2.05) is 21.7 Å². The molecule has 2 aliphatic rings. The van der Waals surface area contributed by atoms with Crippen LogP contribution in [0.3, 0.4) is 0 Å². The van der Waals surface area contributed by atoms with Crippen LogP contribution in [0.1, 0.15) is 63.9 Å². The van der Waals surface area contributed by atoms with Gasteiger partial charge in [-0.05, 0) is 37.5 Å². The summed E-state index contributed by atoms with van der Waals surface area (Å²) in [6, 6.07) is 5.72. The van der Waals surface area contributed by atoms with Gasteiger partial charge in [0.2, 0.25) is 5.82 Å². The number of aromatic nitrogens is 7. The number of hydrogen-bond donors (Lipinski definition) is 1. The number of hydrogen-bond acceptors (Lipinski definition) is 5. The van der Waals surface area contributed by atoms with Crippen LogP contribution in [0, 0.1) is 6.92 Å². The third-order valence-electron chi connectivity index (χ3n) is 6.11. The molecule has 0 radical (unpaired) electrons. The van der Waals surface area contributed by atoms with Crippen LogP contribution in [0.25, 0.3) is 5.52 Å². The van der Waals surface area contributed by atoms with Crippen LogP contribution in [0.15, 0.2) is 30.7 Å². The highest BCUT2D eigenvalue weighted by Crippen LogP contribution is 2.39. The average molecular weight is 402 g/mol. The molecule has 6 rings (SSSR count). The number of fused-ring (bicyclic) bond motifs is 2. The standard InChI is InChI=1S/C21H22N8O/c1-12-4-3-8-29-16(12)10-15(25-29)18-17-14(22-11-23-17)7-9-28(18)21(30)20-24-19(13-5-6-13)26-27(20)2/h3-4,8,10-11,13,18H,5-7,9H2,1-2H3,(H,22,23)/t18-/m0/s1. The van der Waals surface area contributed by atoms with Crippen molar-refractivity contribution in [2.24, 2.45) is 7.05 Å². The van der Waals surface area contributed by atoms with Crippen LogP contribution >= 0.6 is 0 Å². The van der Waals surface area contributed by atoms with Gasteiger partial charge < -0.3 is 9.88 Å². The van der Waals surface area contributed by atoms with Crippen molar-refractivity contribution in [3.8, 4) is 0 Å². The number of pyridine rings is 1. The number of carbonyl (C=O) groups excluding carboxylic acids is 1. The Morgan fingerprint density at radius 3 is 2.93 bits per heavy atom. The first-order valence-corrected chi connectivity index (χ1v) is 10.3. The van der Waals surface area contributed by atoms with Crippen LogP contribution in [-0.2, 0) is 13.5 Å². The molecular formula is C21H22N8O. The van der Waals surface area contributed by atoms with Crippen LogP contribution in [-0.4, -0.2) is 51.7 Å². The Hall–Kier alpha value is -3.49. The van der Waals surface area contributed by atoms with Crippen molar-refractivity contribution in [1.29, 1.82) is 0 Å². The molecule has 9 heteroatoms. The van der Waals surface area contributed by atoms with Gasteiger partial charge in [0.1, 0.15) is 6.04 Å². The van der Waals surface area contributed by atoms with E-state index in [-0.39, 0.29) is 11.9 Å². The SMILES string of the molecule is Cc1cccn2nc([C@H]3c4nc[nH]c4CCN3C(=O)c3nc(C4CC4)nn3C)cc12. The summed E-state index contributed by atoms with van der Waals surface area (Å²) < 4.78 is 3.47. The molecule has 1 aliphatic carbocycles. The molecule has 0 aromatic carbocycles. The average Bonchev–Trinajstić information content (AvgIpc) is 3.14. The van der Waals surface area contributed by atoms with E-state index in [0.29, 0.717) is 18.3 Å². The minimum atomic E-state index is -0.368. The van der Waals surface area contributed by atoms with E-state index in [2.05, 4.69) is 39.1 Å². The highest BCUT2D eigenvalue weighted by atomic mass is 16.2. The molecule has 0 saturated heterocycles. The van der Waals surface area contributed by atoms with Crippen molar-refractivity contribution in [3.63, 3.8) is 0 Å². The number of imidazole rings is 1. The molecule has 152 valence electrons. The van der Waals surface area contributed by atoms with Gasteiger partial charge in [0.25, 0.3) is 5.91 Å². The molecule has 9 nitrogen and oxygen atoms in total. The van der Waals surface area contributed by atoms with Gasteiger partial charge in [-0.15, -0.1) is 0 Å². The second kappa shape index (κ2) is 6.25. The fourth-order valence-electron chi connectivity index (χ4n) is 4.34. The summed E-state index contributed by atoms with van der Waals surface area (Å²) in [4.78, 5) is 27.8. The Balaban J connectivity index is 1.45. The quantitative estimate of drug-likeness (QED) is 0.566.